The summed E-state index contributed by atoms with van der Waals surface area (Å²) in [4.78, 5) is 11.9. The molecule has 0 unspecified atom stereocenters. The normalized spacial score (nSPS) is 10.3. The van der Waals surface area contributed by atoms with Crippen molar-refractivity contribution in [2.24, 2.45) is 0 Å². The Hall–Kier alpha value is -3.27. The lowest BCUT2D eigenvalue weighted by Gasteiger charge is -2.09. The van der Waals surface area contributed by atoms with E-state index in [1.165, 1.54) is 5.56 Å². The molecule has 0 aliphatic rings. The third kappa shape index (κ3) is 6.19. The molecule has 0 spiro atoms. The molecule has 0 bridgehead atoms. The number of aryl methyl sites for hydroxylation is 1. The van der Waals surface area contributed by atoms with E-state index in [1.54, 1.807) is 0 Å². The minimum absolute atomic E-state index is 0.00169. The van der Waals surface area contributed by atoms with Crippen molar-refractivity contribution in [3.05, 3.63) is 95.6 Å². The highest BCUT2D eigenvalue weighted by Gasteiger charge is 2.03. The quantitative estimate of drug-likeness (QED) is 0.652. The minimum atomic E-state index is -0.154. The fourth-order valence-corrected chi connectivity index (χ4v) is 2.59. The summed E-state index contributed by atoms with van der Waals surface area (Å²) in [6.45, 7) is 3.06. The van der Waals surface area contributed by atoms with Crippen LogP contribution in [-0.4, -0.2) is 12.5 Å². The summed E-state index contributed by atoms with van der Waals surface area (Å²) in [5.41, 5.74) is 3.37. The van der Waals surface area contributed by atoms with Gasteiger partial charge in [0, 0.05) is 6.54 Å². The van der Waals surface area contributed by atoms with Gasteiger partial charge < -0.3 is 14.8 Å². The van der Waals surface area contributed by atoms with E-state index in [9.17, 15) is 4.79 Å². The van der Waals surface area contributed by atoms with Gasteiger partial charge in [0.2, 0.25) is 0 Å². The molecule has 0 saturated carbocycles. The molecule has 1 N–H and O–H groups in total. The summed E-state index contributed by atoms with van der Waals surface area (Å²) in [5.74, 6) is 1.33. The van der Waals surface area contributed by atoms with E-state index in [1.807, 2.05) is 60.7 Å². The first-order valence-electron chi connectivity index (χ1n) is 8.91. The maximum atomic E-state index is 11.9. The minimum Gasteiger partial charge on any atom is -0.489 e. The predicted molar refractivity (Wildman–Crippen MR) is 106 cm³/mol. The Kier molecular flexibility index (Phi) is 6.47. The van der Waals surface area contributed by atoms with Gasteiger partial charge in [-0.3, -0.25) is 4.79 Å². The molecule has 138 valence electrons. The number of carbonyl (C=O) groups excluding carboxylic acids is 1. The number of rotatable bonds is 8. The van der Waals surface area contributed by atoms with Gasteiger partial charge in [0.1, 0.15) is 18.1 Å². The van der Waals surface area contributed by atoms with Gasteiger partial charge in [-0.15, -0.1) is 0 Å². The number of nitrogens with one attached hydrogen (secondary N) is 1. The highest BCUT2D eigenvalue weighted by molar-refractivity contribution is 5.77. The topological polar surface area (TPSA) is 47.6 Å². The number of ether oxygens (including phenoxy) is 2. The van der Waals surface area contributed by atoms with Gasteiger partial charge in [0.05, 0.1) is 0 Å². The highest BCUT2D eigenvalue weighted by Crippen LogP contribution is 2.15. The molecule has 3 aromatic carbocycles. The molecule has 3 aromatic rings. The van der Waals surface area contributed by atoms with Crippen LogP contribution in [0.5, 0.6) is 11.5 Å². The maximum absolute atomic E-state index is 11.9. The van der Waals surface area contributed by atoms with Crippen molar-refractivity contribution in [2.75, 3.05) is 6.61 Å². The lowest BCUT2D eigenvalue weighted by Crippen LogP contribution is -2.28. The molecule has 0 atom stereocenters. The number of benzene rings is 3. The van der Waals surface area contributed by atoms with Crippen LogP contribution in [0.2, 0.25) is 0 Å². The van der Waals surface area contributed by atoms with Crippen LogP contribution >= 0.6 is 0 Å². The molecular formula is C23H23NO3. The fraction of sp³-hybridized carbons (Fsp3) is 0.174. The molecule has 0 aliphatic carbocycles. The van der Waals surface area contributed by atoms with Crippen molar-refractivity contribution in [3.8, 4) is 11.5 Å². The molecule has 4 nitrogen and oxygen atoms in total. The largest absolute Gasteiger partial charge is 0.489 e. The van der Waals surface area contributed by atoms with Crippen molar-refractivity contribution in [1.82, 2.24) is 5.32 Å². The summed E-state index contributed by atoms with van der Waals surface area (Å²) < 4.78 is 11.2. The Morgan fingerprint density at radius 1 is 0.815 bits per heavy atom. The first-order chi connectivity index (χ1) is 13.2. The Morgan fingerprint density at radius 2 is 1.56 bits per heavy atom. The van der Waals surface area contributed by atoms with Gasteiger partial charge in [-0.2, -0.15) is 0 Å². The molecule has 0 radical (unpaired) electrons. The lowest BCUT2D eigenvalue weighted by molar-refractivity contribution is -0.123. The first kappa shape index (κ1) is 18.5. The SMILES string of the molecule is Cc1cccc(COc2ccc(CNC(=O)COc3ccccc3)cc2)c1. The van der Waals surface area contributed by atoms with Crippen molar-refractivity contribution in [3.63, 3.8) is 0 Å². The predicted octanol–water partition coefficient (Wildman–Crippen LogP) is 4.27. The third-order valence-electron chi connectivity index (χ3n) is 4.01. The van der Waals surface area contributed by atoms with Crippen LogP contribution in [0.15, 0.2) is 78.9 Å². The Balaban J connectivity index is 1.41. The molecule has 0 aromatic heterocycles. The fourth-order valence-electron chi connectivity index (χ4n) is 2.59. The summed E-state index contributed by atoms with van der Waals surface area (Å²) in [6, 6.07) is 25.3. The second kappa shape index (κ2) is 9.43. The molecule has 0 fully saturated rings. The highest BCUT2D eigenvalue weighted by atomic mass is 16.5. The van der Waals surface area contributed by atoms with Crippen LogP contribution in [0.1, 0.15) is 16.7 Å². The lowest BCUT2D eigenvalue weighted by atomic mass is 10.1. The second-order valence-electron chi connectivity index (χ2n) is 6.30. The van der Waals surface area contributed by atoms with Gasteiger partial charge in [0.25, 0.3) is 5.91 Å². The smallest absolute Gasteiger partial charge is 0.258 e. The Bertz CT molecular complexity index is 860. The van der Waals surface area contributed by atoms with E-state index in [0.29, 0.717) is 18.9 Å². The monoisotopic (exact) mass is 361 g/mol. The number of para-hydroxylation sites is 1. The van der Waals surface area contributed by atoms with Crippen molar-refractivity contribution >= 4 is 5.91 Å². The molecule has 0 heterocycles. The van der Waals surface area contributed by atoms with Crippen LogP contribution in [0.4, 0.5) is 0 Å². The van der Waals surface area contributed by atoms with Gasteiger partial charge >= 0.3 is 0 Å². The van der Waals surface area contributed by atoms with E-state index in [4.69, 9.17) is 9.47 Å². The van der Waals surface area contributed by atoms with Crippen molar-refractivity contribution < 1.29 is 14.3 Å². The molecule has 0 aliphatic heterocycles. The summed E-state index contributed by atoms with van der Waals surface area (Å²) in [7, 11) is 0. The number of amides is 1. The number of carbonyl (C=O) groups is 1. The maximum Gasteiger partial charge on any atom is 0.258 e. The number of hydrogen-bond acceptors (Lipinski definition) is 3. The summed E-state index contributed by atoms with van der Waals surface area (Å²) >= 11 is 0. The van der Waals surface area contributed by atoms with Crippen LogP contribution in [0.25, 0.3) is 0 Å². The van der Waals surface area contributed by atoms with E-state index in [2.05, 4.69) is 30.4 Å². The molecular weight excluding hydrogens is 338 g/mol. The molecule has 1 amide bonds. The van der Waals surface area contributed by atoms with E-state index < -0.39 is 0 Å². The average Bonchev–Trinajstić information content (AvgIpc) is 2.71. The standard InChI is InChI=1S/C23H23NO3/c1-18-6-5-7-20(14-18)16-26-22-12-10-19(11-13-22)15-24-23(25)17-27-21-8-3-2-4-9-21/h2-14H,15-17H2,1H3,(H,24,25). The van der Waals surface area contributed by atoms with Gasteiger partial charge in [-0.1, -0.05) is 60.2 Å². The van der Waals surface area contributed by atoms with Gasteiger partial charge in [-0.25, -0.2) is 0 Å². The van der Waals surface area contributed by atoms with Crippen LogP contribution in [0, 0.1) is 6.92 Å². The summed E-state index contributed by atoms with van der Waals surface area (Å²) in [5, 5.41) is 2.85. The van der Waals surface area contributed by atoms with E-state index in [0.717, 1.165) is 16.9 Å². The van der Waals surface area contributed by atoms with Crippen molar-refractivity contribution in [1.29, 1.82) is 0 Å². The van der Waals surface area contributed by atoms with Crippen LogP contribution in [0.3, 0.4) is 0 Å². The average molecular weight is 361 g/mol. The molecule has 3 rings (SSSR count). The zero-order chi connectivity index (χ0) is 18.9. The van der Waals surface area contributed by atoms with Crippen LogP contribution in [-0.2, 0) is 17.9 Å². The Morgan fingerprint density at radius 3 is 2.30 bits per heavy atom. The van der Waals surface area contributed by atoms with Gasteiger partial charge in [-0.05, 0) is 42.3 Å². The van der Waals surface area contributed by atoms with Crippen LogP contribution < -0.4 is 14.8 Å². The van der Waals surface area contributed by atoms with E-state index in [-0.39, 0.29) is 12.5 Å². The molecule has 27 heavy (non-hydrogen) atoms. The van der Waals surface area contributed by atoms with E-state index >= 15 is 0 Å². The zero-order valence-corrected chi connectivity index (χ0v) is 15.4. The third-order valence-corrected chi connectivity index (χ3v) is 4.01. The number of hydrogen-bond donors (Lipinski definition) is 1. The first-order valence-corrected chi connectivity index (χ1v) is 8.91. The second-order valence-corrected chi connectivity index (χ2v) is 6.30. The zero-order valence-electron chi connectivity index (χ0n) is 15.4. The van der Waals surface area contributed by atoms with Crippen molar-refractivity contribution in [2.45, 2.75) is 20.1 Å². The Labute approximate surface area is 159 Å². The summed E-state index contributed by atoms with van der Waals surface area (Å²) in [6.07, 6.45) is 0. The molecule has 0 saturated heterocycles. The molecule has 4 heteroatoms. The van der Waals surface area contributed by atoms with Gasteiger partial charge in [0.15, 0.2) is 6.61 Å².